The van der Waals surface area contributed by atoms with E-state index >= 15 is 0 Å². The molecule has 0 spiro atoms. The molecule has 0 bridgehead atoms. The molecular formula is C13H18N4O3. The molecule has 3 heterocycles. The lowest BCUT2D eigenvalue weighted by molar-refractivity contribution is -0.139. The van der Waals surface area contributed by atoms with Gasteiger partial charge in [-0.15, -0.1) is 0 Å². The van der Waals surface area contributed by atoms with Crippen molar-refractivity contribution in [2.24, 2.45) is 0 Å². The lowest BCUT2D eigenvalue weighted by atomic mass is 10.0. The summed E-state index contributed by atoms with van der Waals surface area (Å²) in [4.78, 5) is 29.1. The van der Waals surface area contributed by atoms with Crippen LogP contribution in [0.1, 0.15) is 24.6 Å². The molecule has 1 aromatic heterocycles. The van der Waals surface area contributed by atoms with Crippen LogP contribution >= 0.6 is 0 Å². The molecule has 1 aromatic rings. The Kier molecular flexibility index (Phi) is 3.33. The number of carbonyl (C=O) groups is 2. The van der Waals surface area contributed by atoms with Crippen LogP contribution in [0.25, 0.3) is 0 Å². The zero-order valence-electron chi connectivity index (χ0n) is 11.4. The highest BCUT2D eigenvalue weighted by molar-refractivity contribution is 5.86. The molecule has 2 aliphatic heterocycles. The SMILES string of the molecule is Cc1cncn1C1CCN(C(=O)[C@@H]2CNC(=O)O2)CC1. The first-order valence-electron chi connectivity index (χ1n) is 6.87. The molecule has 2 saturated heterocycles. The minimum atomic E-state index is -0.658. The van der Waals surface area contributed by atoms with Crippen molar-refractivity contribution in [3.05, 3.63) is 18.2 Å². The molecule has 108 valence electrons. The van der Waals surface area contributed by atoms with Crippen molar-refractivity contribution in [2.45, 2.75) is 31.9 Å². The van der Waals surface area contributed by atoms with Crippen molar-refractivity contribution >= 4 is 12.0 Å². The fourth-order valence-electron chi connectivity index (χ4n) is 2.85. The summed E-state index contributed by atoms with van der Waals surface area (Å²) in [7, 11) is 0. The second-order valence-electron chi connectivity index (χ2n) is 5.27. The summed E-state index contributed by atoms with van der Waals surface area (Å²) in [5, 5.41) is 2.51. The number of aryl methyl sites for hydroxylation is 1. The number of nitrogens with zero attached hydrogens (tertiary/aromatic N) is 3. The molecular weight excluding hydrogens is 260 g/mol. The number of imidazole rings is 1. The van der Waals surface area contributed by atoms with Crippen molar-refractivity contribution in [3.8, 4) is 0 Å². The number of hydrogen-bond donors (Lipinski definition) is 1. The maximum Gasteiger partial charge on any atom is 0.408 e. The van der Waals surface area contributed by atoms with E-state index in [1.165, 1.54) is 0 Å². The Hall–Kier alpha value is -2.05. The normalized spacial score (nSPS) is 23.6. The largest absolute Gasteiger partial charge is 0.434 e. The average molecular weight is 278 g/mol. The maximum absolute atomic E-state index is 12.2. The van der Waals surface area contributed by atoms with Crippen molar-refractivity contribution < 1.29 is 14.3 Å². The lowest BCUT2D eigenvalue weighted by Crippen LogP contribution is -2.45. The summed E-state index contributed by atoms with van der Waals surface area (Å²) in [5.41, 5.74) is 1.14. The van der Waals surface area contributed by atoms with Crippen LogP contribution in [0.15, 0.2) is 12.5 Å². The summed E-state index contributed by atoms with van der Waals surface area (Å²) in [5.74, 6) is -0.0934. The third kappa shape index (κ3) is 2.35. The Morgan fingerprint density at radius 3 is 2.75 bits per heavy atom. The molecule has 7 heteroatoms. The molecule has 7 nitrogen and oxygen atoms in total. The van der Waals surface area contributed by atoms with Crippen molar-refractivity contribution in [1.29, 1.82) is 0 Å². The van der Waals surface area contributed by atoms with E-state index in [0.717, 1.165) is 18.5 Å². The third-order valence-electron chi connectivity index (χ3n) is 3.99. The quantitative estimate of drug-likeness (QED) is 0.853. The molecule has 1 N–H and O–H groups in total. The fourth-order valence-corrected chi connectivity index (χ4v) is 2.85. The van der Waals surface area contributed by atoms with E-state index in [1.54, 1.807) is 4.90 Å². The molecule has 2 fully saturated rings. The molecule has 0 unspecified atom stereocenters. The number of nitrogens with one attached hydrogen (secondary N) is 1. The second kappa shape index (κ2) is 5.15. The third-order valence-corrected chi connectivity index (χ3v) is 3.99. The van der Waals surface area contributed by atoms with Gasteiger partial charge in [0.05, 0.1) is 12.9 Å². The van der Waals surface area contributed by atoms with Gasteiger partial charge in [-0.05, 0) is 19.8 Å². The minimum absolute atomic E-state index is 0.0934. The van der Waals surface area contributed by atoms with Gasteiger partial charge in [-0.25, -0.2) is 9.78 Å². The first-order valence-corrected chi connectivity index (χ1v) is 6.87. The van der Waals surface area contributed by atoms with Gasteiger partial charge in [0.2, 0.25) is 0 Å². The molecule has 2 amide bonds. The highest BCUT2D eigenvalue weighted by atomic mass is 16.6. The van der Waals surface area contributed by atoms with Crippen LogP contribution in [0.2, 0.25) is 0 Å². The number of alkyl carbamates (subject to hydrolysis) is 1. The Morgan fingerprint density at radius 2 is 2.20 bits per heavy atom. The number of likely N-dealkylation sites (tertiary alicyclic amines) is 1. The van der Waals surface area contributed by atoms with Gasteiger partial charge in [-0.1, -0.05) is 0 Å². The summed E-state index contributed by atoms with van der Waals surface area (Å²) in [6.45, 7) is 3.69. The number of ether oxygens (including phenoxy) is 1. The van der Waals surface area contributed by atoms with Gasteiger partial charge in [0.1, 0.15) is 0 Å². The number of hydrogen-bond acceptors (Lipinski definition) is 4. The van der Waals surface area contributed by atoms with Gasteiger partial charge in [0.15, 0.2) is 6.10 Å². The summed E-state index contributed by atoms with van der Waals surface area (Å²) in [6.07, 6.45) is 4.33. The monoisotopic (exact) mass is 278 g/mol. The van der Waals surface area contributed by atoms with Crippen LogP contribution in [-0.4, -0.2) is 52.2 Å². The van der Waals surface area contributed by atoms with Crippen LogP contribution in [0, 0.1) is 6.92 Å². The number of carbonyl (C=O) groups excluding carboxylic acids is 2. The predicted molar refractivity (Wildman–Crippen MR) is 70.1 cm³/mol. The van der Waals surface area contributed by atoms with Crippen molar-refractivity contribution in [3.63, 3.8) is 0 Å². The smallest absolute Gasteiger partial charge is 0.408 e. The van der Waals surface area contributed by atoms with Gasteiger partial charge < -0.3 is 19.5 Å². The van der Waals surface area contributed by atoms with Gasteiger partial charge in [-0.2, -0.15) is 0 Å². The highest BCUT2D eigenvalue weighted by Gasteiger charge is 2.34. The van der Waals surface area contributed by atoms with Crippen LogP contribution < -0.4 is 5.32 Å². The van der Waals surface area contributed by atoms with Gasteiger partial charge in [0.25, 0.3) is 5.91 Å². The summed E-state index contributed by atoms with van der Waals surface area (Å²) >= 11 is 0. The van der Waals surface area contributed by atoms with Crippen LogP contribution in [0.3, 0.4) is 0 Å². The van der Waals surface area contributed by atoms with E-state index < -0.39 is 12.2 Å². The molecule has 0 radical (unpaired) electrons. The van der Waals surface area contributed by atoms with Crippen molar-refractivity contribution in [2.75, 3.05) is 19.6 Å². The molecule has 1 atom stereocenters. The highest BCUT2D eigenvalue weighted by Crippen LogP contribution is 2.24. The number of aromatic nitrogens is 2. The van der Waals surface area contributed by atoms with E-state index in [1.807, 2.05) is 19.4 Å². The topological polar surface area (TPSA) is 76.5 Å². The van der Waals surface area contributed by atoms with E-state index in [0.29, 0.717) is 19.1 Å². The molecule has 0 aromatic carbocycles. The van der Waals surface area contributed by atoms with Crippen molar-refractivity contribution in [1.82, 2.24) is 19.8 Å². The Balaban J connectivity index is 1.57. The van der Waals surface area contributed by atoms with E-state index in [-0.39, 0.29) is 12.5 Å². The second-order valence-corrected chi connectivity index (χ2v) is 5.27. The summed E-state index contributed by atoms with van der Waals surface area (Å²) < 4.78 is 7.10. The molecule has 3 rings (SSSR count). The number of amides is 2. The molecule has 0 saturated carbocycles. The molecule has 2 aliphatic rings. The Morgan fingerprint density at radius 1 is 1.45 bits per heavy atom. The van der Waals surface area contributed by atoms with Crippen LogP contribution in [0.4, 0.5) is 4.79 Å². The Labute approximate surface area is 116 Å². The number of piperidine rings is 1. The summed E-state index contributed by atoms with van der Waals surface area (Å²) in [6, 6.07) is 0.394. The van der Waals surface area contributed by atoms with E-state index in [2.05, 4.69) is 14.9 Å². The zero-order chi connectivity index (χ0) is 14.1. The van der Waals surface area contributed by atoms with E-state index in [4.69, 9.17) is 4.74 Å². The predicted octanol–water partition coefficient (Wildman–Crippen LogP) is 0.463. The zero-order valence-corrected chi connectivity index (χ0v) is 11.4. The first-order chi connectivity index (χ1) is 9.65. The number of cyclic esters (lactones) is 1. The average Bonchev–Trinajstić information content (AvgIpc) is 3.07. The van der Waals surface area contributed by atoms with Crippen LogP contribution in [-0.2, 0) is 9.53 Å². The van der Waals surface area contributed by atoms with Gasteiger partial charge >= 0.3 is 6.09 Å². The van der Waals surface area contributed by atoms with Crippen LogP contribution in [0.5, 0.6) is 0 Å². The molecule has 0 aliphatic carbocycles. The fraction of sp³-hybridized carbons (Fsp3) is 0.615. The minimum Gasteiger partial charge on any atom is -0.434 e. The standard InChI is InChI=1S/C13H18N4O3/c1-9-6-14-8-17(9)10-2-4-16(5-3-10)12(18)11-7-15-13(19)20-11/h6,8,10-11H,2-5,7H2,1H3,(H,15,19)/t11-/m0/s1. The van der Waals surface area contributed by atoms with E-state index in [9.17, 15) is 9.59 Å². The Bertz CT molecular complexity index is 519. The van der Waals surface area contributed by atoms with Gasteiger partial charge in [-0.3, -0.25) is 4.79 Å². The number of rotatable bonds is 2. The maximum atomic E-state index is 12.2. The first kappa shape index (κ1) is 13.0. The lowest BCUT2D eigenvalue weighted by Gasteiger charge is -2.33. The van der Waals surface area contributed by atoms with Gasteiger partial charge in [0, 0.05) is 31.0 Å². The molecule has 20 heavy (non-hydrogen) atoms.